The van der Waals surface area contributed by atoms with E-state index < -0.39 is 10.0 Å². The Kier molecular flexibility index (Phi) is 7.10. The summed E-state index contributed by atoms with van der Waals surface area (Å²) in [5, 5.41) is 3.11. The molecule has 0 amide bonds. The molecule has 1 unspecified atom stereocenters. The molecule has 0 saturated carbocycles. The maximum Gasteiger partial charge on any atom is 0.211 e. The molecule has 0 aromatic carbocycles. The molecule has 1 heterocycles. The van der Waals surface area contributed by atoms with E-state index >= 15 is 0 Å². The largest absolute Gasteiger partial charge is 0.374 e. The highest BCUT2D eigenvalue weighted by Gasteiger charge is 2.19. The molecule has 0 radical (unpaired) electrons. The normalized spacial score (nSPS) is 22.2. The van der Waals surface area contributed by atoms with Gasteiger partial charge in [0.05, 0.1) is 18.5 Å². The fourth-order valence-electron chi connectivity index (χ4n) is 1.85. The van der Waals surface area contributed by atoms with Gasteiger partial charge >= 0.3 is 0 Å². The molecular formula is C11H25N3O3S. The van der Waals surface area contributed by atoms with Crippen LogP contribution in [0.5, 0.6) is 0 Å². The Morgan fingerprint density at radius 3 is 2.89 bits per heavy atom. The van der Waals surface area contributed by atoms with Gasteiger partial charge in [0, 0.05) is 19.6 Å². The lowest BCUT2D eigenvalue weighted by Crippen LogP contribution is -2.46. The zero-order valence-corrected chi connectivity index (χ0v) is 12.1. The number of rotatable bonds is 8. The highest BCUT2D eigenvalue weighted by atomic mass is 32.2. The second-order valence-electron chi connectivity index (χ2n) is 4.63. The van der Waals surface area contributed by atoms with Crippen LogP contribution in [-0.4, -0.2) is 71.6 Å². The summed E-state index contributed by atoms with van der Waals surface area (Å²) in [6, 6.07) is 0. The maximum absolute atomic E-state index is 11.7. The fourth-order valence-corrected chi connectivity index (χ4v) is 2.95. The Morgan fingerprint density at radius 2 is 2.22 bits per heavy atom. The van der Waals surface area contributed by atoms with Crippen LogP contribution >= 0.6 is 0 Å². The van der Waals surface area contributed by atoms with Crippen LogP contribution in [0.25, 0.3) is 0 Å². The molecule has 1 fully saturated rings. The van der Waals surface area contributed by atoms with E-state index in [0.717, 1.165) is 26.2 Å². The standard InChI is InChI=1S/C11H25N3O3S/c1-3-12-5-4-8-18(15,16)13-9-11-10-14(2)6-7-17-11/h11-13H,3-10H2,1-2H3. The Hall–Kier alpha value is -0.210. The predicted molar refractivity (Wildman–Crippen MR) is 72.2 cm³/mol. The molecule has 1 atom stereocenters. The Labute approximate surface area is 110 Å². The molecule has 18 heavy (non-hydrogen) atoms. The summed E-state index contributed by atoms with van der Waals surface area (Å²) < 4.78 is 31.5. The van der Waals surface area contributed by atoms with E-state index in [1.807, 2.05) is 14.0 Å². The lowest BCUT2D eigenvalue weighted by molar-refractivity contribution is -0.0156. The first-order chi connectivity index (χ1) is 8.53. The predicted octanol–water partition coefficient (Wildman–Crippen LogP) is -0.764. The second-order valence-corrected chi connectivity index (χ2v) is 6.56. The van der Waals surface area contributed by atoms with E-state index in [1.165, 1.54) is 0 Å². The van der Waals surface area contributed by atoms with Crippen LogP contribution in [0.1, 0.15) is 13.3 Å². The van der Waals surface area contributed by atoms with Crippen LogP contribution in [0, 0.1) is 0 Å². The molecular weight excluding hydrogens is 254 g/mol. The maximum atomic E-state index is 11.7. The average Bonchev–Trinajstić information content (AvgIpc) is 2.33. The van der Waals surface area contributed by atoms with Crippen molar-refractivity contribution in [1.82, 2.24) is 14.9 Å². The number of nitrogens with one attached hydrogen (secondary N) is 2. The number of morpholine rings is 1. The summed E-state index contributed by atoms with van der Waals surface area (Å²) in [4.78, 5) is 2.15. The van der Waals surface area contributed by atoms with E-state index in [0.29, 0.717) is 19.6 Å². The van der Waals surface area contributed by atoms with Crippen molar-refractivity contribution in [3.63, 3.8) is 0 Å². The minimum Gasteiger partial charge on any atom is -0.374 e. The second kappa shape index (κ2) is 8.06. The van der Waals surface area contributed by atoms with Gasteiger partial charge in [-0.2, -0.15) is 0 Å². The van der Waals surface area contributed by atoms with Crippen LogP contribution in [0.3, 0.4) is 0 Å². The van der Waals surface area contributed by atoms with Crippen molar-refractivity contribution in [2.75, 3.05) is 52.1 Å². The molecule has 2 N–H and O–H groups in total. The van der Waals surface area contributed by atoms with Gasteiger partial charge in [-0.15, -0.1) is 0 Å². The zero-order valence-electron chi connectivity index (χ0n) is 11.3. The van der Waals surface area contributed by atoms with Crippen molar-refractivity contribution in [2.24, 2.45) is 0 Å². The molecule has 7 heteroatoms. The van der Waals surface area contributed by atoms with E-state index in [4.69, 9.17) is 4.74 Å². The Bertz CT molecular complexity index is 321. The molecule has 0 aromatic heterocycles. The van der Waals surface area contributed by atoms with Gasteiger partial charge in [-0.3, -0.25) is 0 Å². The molecule has 0 aliphatic carbocycles. The molecule has 0 spiro atoms. The number of ether oxygens (including phenoxy) is 1. The summed E-state index contributed by atoms with van der Waals surface area (Å²) >= 11 is 0. The quantitative estimate of drug-likeness (QED) is 0.571. The molecule has 6 nitrogen and oxygen atoms in total. The summed E-state index contributed by atoms with van der Waals surface area (Å²) in [7, 11) is -1.15. The van der Waals surface area contributed by atoms with Crippen molar-refractivity contribution in [1.29, 1.82) is 0 Å². The first-order valence-corrected chi connectivity index (χ1v) is 8.17. The summed E-state index contributed by atoms with van der Waals surface area (Å²) in [5.41, 5.74) is 0. The third-order valence-electron chi connectivity index (χ3n) is 2.89. The molecule has 1 aliphatic rings. The number of hydrogen-bond acceptors (Lipinski definition) is 5. The van der Waals surface area contributed by atoms with Crippen LogP contribution in [0.2, 0.25) is 0 Å². The number of sulfonamides is 1. The van der Waals surface area contributed by atoms with E-state index in [9.17, 15) is 8.42 Å². The molecule has 0 aromatic rings. The lowest BCUT2D eigenvalue weighted by atomic mass is 10.3. The fraction of sp³-hybridized carbons (Fsp3) is 1.00. The summed E-state index contributed by atoms with van der Waals surface area (Å²) in [6.45, 7) is 6.34. The smallest absolute Gasteiger partial charge is 0.211 e. The molecule has 0 bridgehead atoms. The van der Waals surface area contributed by atoms with Gasteiger partial charge in [-0.25, -0.2) is 13.1 Å². The average molecular weight is 279 g/mol. The van der Waals surface area contributed by atoms with Crippen molar-refractivity contribution < 1.29 is 13.2 Å². The lowest BCUT2D eigenvalue weighted by Gasteiger charge is -2.30. The topological polar surface area (TPSA) is 70.7 Å². The van der Waals surface area contributed by atoms with E-state index in [2.05, 4.69) is 14.9 Å². The van der Waals surface area contributed by atoms with E-state index in [1.54, 1.807) is 0 Å². The van der Waals surface area contributed by atoms with Crippen LogP contribution in [0.15, 0.2) is 0 Å². The first-order valence-electron chi connectivity index (χ1n) is 6.51. The van der Waals surface area contributed by atoms with Gasteiger partial charge in [0.15, 0.2) is 0 Å². The van der Waals surface area contributed by atoms with E-state index in [-0.39, 0.29) is 11.9 Å². The van der Waals surface area contributed by atoms with Crippen LogP contribution < -0.4 is 10.0 Å². The zero-order chi connectivity index (χ0) is 13.4. The number of hydrogen-bond donors (Lipinski definition) is 2. The first kappa shape index (κ1) is 15.8. The van der Waals surface area contributed by atoms with Crippen molar-refractivity contribution in [3.05, 3.63) is 0 Å². The van der Waals surface area contributed by atoms with Crippen molar-refractivity contribution in [2.45, 2.75) is 19.4 Å². The monoisotopic (exact) mass is 279 g/mol. The summed E-state index contributed by atoms with van der Waals surface area (Å²) in [5.74, 6) is 0.169. The summed E-state index contributed by atoms with van der Waals surface area (Å²) in [6.07, 6.45) is 0.599. The third kappa shape index (κ3) is 6.65. The highest BCUT2D eigenvalue weighted by Crippen LogP contribution is 2.02. The highest BCUT2D eigenvalue weighted by molar-refractivity contribution is 7.89. The van der Waals surface area contributed by atoms with Gasteiger partial charge in [0.2, 0.25) is 10.0 Å². The van der Waals surface area contributed by atoms with Crippen LogP contribution in [-0.2, 0) is 14.8 Å². The minimum absolute atomic E-state index is 0.0349. The van der Waals surface area contributed by atoms with Crippen LogP contribution in [0.4, 0.5) is 0 Å². The van der Waals surface area contributed by atoms with Gasteiger partial charge in [0.1, 0.15) is 0 Å². The van der Waals surface area contributed by atoms with Gasteiger partial charge < -0.3 is 15.0 Å². The van der Waals surface area contributed by atoms with Gasteiger partial charge in [-0.05, 0) is 26.6 Å². The number of nitrogens with zero attached hydrogens (tertiary/aromatic N) is 1. The molecule has 108 valence electrons. The third-order valence-corrected chi connectivity index (χ3v) is 4.32. The SMILES string of the molecule is CCNCCCS(=O)(=O)NCC1CN(C)CCO1. The van der Waals surface area contributed by atoms with Gasteiger partial charge in [-0.1, -0.05) is 6.92 Å². The van der Waals surface area contributed by atoms with Gasteiger partial charge in [0.25, 0.3) is 0 Å². The van der Waals surface area contributed by atoms with Crippen molar-refractivity contribution >= 4 is 10.0 Å². The molecule has 1 aliphatic heterocycles. The molecule has 1 saturated heterocycles. The minimum atomic E-state index is -3.17. The molecule has 1 rings (SSSR count). The number of likely N-dealkylation sites (N-methyl/N-ethyl adjacent to an activating group) is 1. The Morgan fingerprint density at radius 1 is 1.44 bits per heavy atom. The Balaban J connectivity index is 2.19. The van der Waals surface area contributed by atoms with Crippen molar-refractivity contribution in [3.8, 4) is 0 Å².